The second kappa shape index (κ2) is 6.65. The van der Waals surface area contributed by atoms with Crippen molar-refractivity contribution in [2.24, 2.45) is 0 Å². The number of amides is 2. The van der Waals surface area contributed by atoms with Crippen molar-refractivity contribution < 1.29 is 9.59 Å². The maximum absolute atomic E-state index is 11.8. The minimum Gasteiger partial charge on any atom is -0.355 e. The van der Waals surface area contributed by atoms with Gasteiger partial charge in [-0.3, -0.25) is 9.59 Å². The zero-order valence-electron chi connectivity index (χ0n) is 11.3. The van der Waals surface area contributed by atoms with Gasteiger partial charge >= 0.3 is 0 Å². The van der Waals surface area contributed by atoms with E-state index in [2.05, 4.69) is 20.9 Å². The number of rotatable bonds is 6. The van der Waals surface area contributed by atoms with Gasteiger partial charge in [0.1, 0.15) is 12.1 Å². The summed E-state index contributed by atoms with van der Waals surface area (Å²) in [5.74, 6) is -0.462. The number of benzene rings is 1. The zero-order chi connectivity index (χ0) is 14.4. The third kappa shape index (κ3) is 3.53. The molecule has 106 valence electrons. The number of carbonyl (C=O) groups is 2. The smallest absolute Gasteiger partial charge is 0.242 e. The minimum atomic E-state index is -0.271. The van der Waals surface area contributed by atoms with Crippen LogP contribution in [-0.2, 0) is 16.1 Å². The molecule has 1 aromatic heterocycles. The minimum absolute atomic E-state index is 0.0224. The van der Waals surface area contributed by atoms with E-state index in [-0.39, 0.29) is 24.9 Å². The van der Waals surface area contributed by atoms with E-state index in [0.29, 0.717) is 6.54 Å². The number of aromatic nitrogens is 3. The summed E-state index contributed by atoms with van der Waals surface area (Å²) in [6, 6.07) is 7.39. The van der Waals surface area contributed by atoms with E-state index in [1.807, 2.05) is 31.2 Å². The maximum atomic E-state index is 11.8. The molecule has 0 aliphatic heterocycles. The lowest BCUT2D eigenvalue weighted by atomic mass is 10.3. The standard InChI is InChI=1S/C13H17N5O2/c1-2-7-14-12(19)8-15-13(20)9-18-11-6-4-3-5-10(11)16-17-18/h3-6H,2,7-9H2,1H3,(H,14,19)(H,15,20). The van der Waals surface area contributed by atoms with Crippen LogP contribution in [0, 0.1) is 0 Å². The molecule has 2 N–H and O–H groups in total. The van der Waals surface area contributed by atoms with Gasteiger partial charge in [-0.05, 0) is 18.6 Å². The molecule has 7 heteroatoms. The highest BCUT2D eigenvalue weighted by Gasteiger charge is 2.09. The Bertz CT molecular complexity index is 608. The van der Waals surface area contributed by atoms with Crippen molar-refractivity contribution in [3.63, 3.8) is 0 Å². The fourth-order valence-electron chi connectivity index (χ4n) is 1.73. The number of hydrogen-bond acceptors (Lipinski definition) is 4. The van der Waals surface area contributed by atoms with Gasteiger partial charge in [0.2, 0.25) is 11.8 Å². The van der Waals surface area contributed by atoms with Gasteiger partial charge in [0.15, 0.2) is 0 Å². The van der Waals surface area contributed by atoms with Crippen LogP contribution in [0.1, 0.15) is 13.3 Å². The van der Waals surface area contributed by atoms with Crippen LogP contribution in [0.5, 0.6) is 0 Å². The summed E-state index contributed by atoms with van der Waals surface area (Å²) in [6.45, 7) is 2.60. The molecule has 0 atom stereocenters. The summed E-state index contributed by atoms with van der Waals surface area (Å²) in [4.78, 5) is 23.1. The third-order valence-corrected chi connectivity index (χ3v) is 2.73. The van der Waals surface area contributed by atoms with Crippen molar-refractivity contribution in [2.75, 3.05) is 13.1 Å². The van der Waals surface area contributed by atoms with Gasteiger partial charge in [-0.1, -0.05) is 24.3 Å². The van der Waals surface area contributed by atoms with Crippen LogP contribution in [0.3, 0.4) is 0 Å². The SMILES string of the molecule is CCCNC(=O)CNC(=O)Cn1nnc2ccccc21. The quantitative estimate of drug-likeness (QED) is 0.781. The van der Waals surface area contributed by atoms with Gasteiger partial charge in [0, 0.05) is 6.54 Å². The molecule has 0 saturated heterocycles. The number of hydrogen-bond donors (Lipinski definition) is 2. The maximum Gasteiger partial charge on any atom is 0.242 e. The van der Waals surface area contributed by atoms with Crippen molar-refractivity contribution in [2.45, 2.75) is 19.9 Å². The molecular weight excluding hydrogens is 258 g/mol. The van der Waals surface area contributed by atoms with Crippen molar-refractivity contribution in [1.29, 1.82) is 0 Å². The van der Waals surface area contributed by atoms with Gasteiger partial charge in [0.05, 0.1) is 12.1 Å². The first-order valence-electron chi connectivity index (χ1n) is 6.52. The molecule has 0 spiro atoms. The summed E-state index contributed by atoms with van der Waals surface area (Å²) in [5, 5.41) is 13.1. The highest BCUT2D eigenvalue weighted by atomic mass is 16.2. The fourth-order valence-corrected chi connectivity index (χ4v) is 1.73. The Balaban J connectivity index is 1.87. The van der Waals surface area contributed by atoms with Gasteiger partial charge in [-0.15, -0.1) is 5.10 Å². The molecule has 1 heterocycles. The number of fused-ring (bicyclic) bond motifs is 1. The van der Waals surface area contributed by atoms with Crippen molar-refractivity contribution in [3.8, 4) is 0 Å². The highest BCUT2D eigenvalue weighted by molar-refractivity contribution is 5.85. The summed E-state index contributed by atoms with van der Waals surface area (Å²) < 4.78 is 1.51. The van der Waals surface area contributed by atoms with Crippen molar-refractivity contribution in [1.82, 2.24) is 25.6 Å². The molecule has 0 radical (unpaired) electrons. The van der Waals surface area contributed by atoms with Gasteiger partial charge < -0.3 is 10.6 Å². The molecule has 1 aromatic carbocycles. The molecule has 7 nitrogen and oxygen atoms in total. The second-order valence-electron chi connectivity index (χ2n) is 4.36. The van der Waals surface area contributed by atoms with Crippen LogP contribution >= 0.6 is 0 Å². The Kier molecular flexibility index (Phi) is 4.65. The molecule has 0 fully saturated rings. The van der Waals surface area contributed by atoms with Crippen LogP contribution < -0.4 is 10.6 Å². The Hall–Kier alpha value is -2.44. The molecule has 0 bridgehead atoms. The van der Waals surface area contributed by atoms with Gasteiger partial charge in [-0.2, -0.15) is 0 Å². The van der Waals surface area contributed by atoms with E-state index in [1.165, 1.54) is 4.68 Å². The van der Waals surface area contributed by atoms with Crippen LogP contribution in [0.15, 0.2) is 24.3 Å². The van der Waals surface area contributed by atoms with E-state index >= 15 is 0 Å². The highest BCUT2D eigenvalue weighted by Crippen LogP contribution is 2.08. The zero-order valence-corrected chi connectivity index (χ0v) is 11.3. The third-order valence-electron chi connectivity index (χ3n) is 2.73. The van der Waals surface area contributed by atoms with Gasteiger partial charge in [0.25, 0.3) is 0 Å². The van der Waals surface area contributed by atoms with Crippen LogP contribution in [0.25, 0.3) is 11.0 Å². The Morgan fingerprint density at radius 3 is 2.80 bits per heavy atom. The fraction of sp³-hybridized carbons (Fsp3) is 0.385. The van der Waals surface area contributed by atoms with E-state index in [1.54, 1.807) is 0 Å². The second-order valence-corrected chi connectivity index (χ2v) is 4.36. The predicted molar refractivity (Wildman–Crippen MR) is 73.8 cm³/mol. The van der Waals surface area contributed by atoms with Crippen molar-refractivity contribution >= 4 is 22.8 Å². The average Bonchev–Trinajstić information content (AvgIpc) is 2.86. The van der Waals surface area contributed by atoms with E-state index < -0.39 is 0 Å². The number of para-hydroxylation sites is 1. The Morgan fingerprint density at radius 1 is 1.20 bits per heavy atom. The van der Waals surface area contributed by atoms with Crippen LogP contribution in [-0.4, -0.2) is 39.9 Å². The largest absolute Gasteiger partial charge is 0.355 e. The number of carbonyl (C=O) groups excluding carboxylic acids is 2. The lowest BCUT2D eigenvalue weighted by Gasteiger charge is -2.06. The first kappa shape index (κ1) is 14.0. The van der Waals surface area contributed by atoms with Gasteiger partial charge in [-0.25, -0.2) is 4.68 Å². The molecule has 2 amide bonds. The van der Waals surface area contributed by atoms with Crippen LogP contribution in [0.4, 0.5) is 0 Å². The summed E-state index contributed by atoms with van der Waals surface area (Å²) in [7, 11) is 0. The normalized spacial score (nSPS) is 10.4. The van der Waals surface area contributed by atoms with E-state index in [0.717, 1.165) is 17.5 Å². The summed E-state index contributed by atoms with van der Waals surface area (Å²) in [5.41, 5.74) is 1.53. The molecule has 0 saturated carbocycles. The lowest BCUT2D eigenvalue weighted by Crippen LogP contribution is -2.38. The molecule has 20 heavy (non-hydrogen) atoms. The summed E-state index contributed by atoms with van der Waals surface area (Å²) >= 11 is 0. The predicted octanol–water partition coefficient (Wildman–Crippen LogP) is 0.0737. The Morgan fingerprint density at radius 2 is 2.00 bits per heavy atom. The molecule has 0 unspecified atom stereocenters. The lowest BCUT2D eigenvalue weighted by molar-refractivity contribution is -0.126. The summed E-state index contributed by atoms with van der Waals surface area (Å²) in [6.07, 6.45) is 0.866. The molecule has 0 aliphatic rings. The monoisotopic (exact) mass is 275 g/mol. The molecule has 2 aromatic rings. The van der Waals surface area contributed by atoms with E-state index in [9.17, 15) is 9.59 Å². The number of nitrogens with one attached hydrogen (secondary N) is 2. The first-order chi connectivity index (χ1) is 9.70. The Labute approximate surface area is 116 Å². The molecule has 2 rings (SSSR count). The van der Waals surface area contributed by atoms with Crippen molar-refractivity contribution in [3.05, 3.63) is 24.3 Å². The van der Waals surface area contributed by atoms with E-state index in [4.69, 9.17) is 0 Å². The average molecular weight is 275 g/mol. The molecule has 0 aliphatic carbocycles. The van der Waals surface area contributed by atoms with Crippen LogP contribution in [0.2, 0.25) is 0 Å². The topological polar surface area (TPSA) is 88.9 Å². The molecular formula is C13H17N5O2. The first-order valence-corrected chi connectivity index (χ1v) is 6.52. The number of nitrogens with zero attached hydrogens (tertiary/aromatic N) is 3.